The van der Waals surface area contributed by atoms with E-state index in [-0.39, 0.29) is 18.7 Å². The molecule has 0 aliphatic heterocycles. The van der Waals surface area contributed by atoms with E-state index in [1.807, 2.05) is 34.9 Å². The molecule has 5 rings (SSSR count). The number of hydrogen-bond donors (Lipinski definition) is 3. The fourth-order valence-corrected chi connectivity index (χ4v) is 6.33. The van der Waals surface area contributed by atoms with Crippen molar-refractivity contribution >= 4 is 42.4 Å². The number of aliphatic hydroxyl groups excluding tert-OH is 1. The van der Waals surface area contributed by atoms with E-state index in [9.17, 15) is 9.90 Å². The number of anilines is 1. The molecular weight excluding hydrogens is 646 g/mol. The van der Waals surface area contributed by atoms with Crippen LogP contribution in [0.1, 0.15) is 46.0 Å². The molecule has 2 heterocycles. The quantitative estimate of drug-likeness (QED) is 0.0747. The zero-order chi connectivity index (χ0) is 34.3. The number of aliphatic hydroxyl groups is 1. The van der Waals surface area contributed by atoms with Gasteiger partial charge in [0.25, 0.3) is 0 Å². The molecule has 0 unspecified atom stereocenters. The molecule has 0 spiro atoms. The van der Waals surface area contributed by atoms with E-state index >= 15 is 0 Å². The average molecular weight is 694 g/mol. The highest BCUT2D eigenvalue weighted by Crippen LogP contribution is 2.36. The Morgan fingerprint density at radius 2 is 1.79 bits per heavy atom. The smallest absolute Gasteiger partial charge is 0.319 e. The average Bonchev–Trinajstić information content (AvgIpc) is 3.79. The van der Waals surface area contributed by atoms with Crippen LogP contribution in [0.15, 0.2) is 54.9 Å². The Kier molecular flexibility index (Phi) is 12.0. The molecule has 0 saturated heterocycles. The number of benzene rings is 2. The summed E-state index contributed by atoms with van der Waals surface area (Å²) in [5.74, 6) is 2.04. The standard InChI is InChI=1S/C36H48ClN5O5Si/c1-6-24(7-2)18-27(43)21-46-28-12-8-25(9-13-28)33-20-30-34(42(33)23-45-16-17-48(3,4)5)38-22-39-35(30)47-29-14-15-32(31(37)19-29)41-36(44)40-26-10-11-26/h8-9,12-15,19-20,22,24,26-27,43H,6-7,10-11,16-18,21,23H2,1-5H3,(H2,40,41,44)/t27-/m1/s1. The Balaban J connectivity index is 1.36. The first-order valence-corrected chi connectivity index (χ1v) is 21.0. The number of rotatable bonds is 17. The lowest BCUT2D eigenvalue weighted by molar-refractivity contribution is 0.0834. The normalized spacial score (nSPS) is 13.9. The number of nitrogens with zero attached hydrogens (tertiary/aromatic N) is 3. The van der Waals surface area contributed by atoms with Gasteiger partial charge in [-0.25, -0.2) is 14.8 Å². The number of amides is 2. The van der Waals surface area contributed by atoms with Gasteiger partial charge < -0.3 is 34.5 Å². The molecule has 1 fully saturated rings. The third-order valence-corrected chi connectivity index (χ3v) is 10.6. The number of nitrogens with one attached hydrogen (secondary N) is 2. The van der Waals surface area contributed by atoms with Crippen LogP contribution in [0.2, 0.25) is 30.7 Å². The summed E-state index contributed by atoms with van der Waals surface area (Å²) in [5.41, 5.74) is 3.00. The van der Waals surface area contributed by atoms with Gasteiger partial charge in [-0.15, -0.1) is 0 Å². The molecule has 1 saturated carbocycles. The van der Waals surface area contributed by atoms with Crippen LogP contribution >= 0.6 is 11.6 Å². The number of urea groups is 1. The SMILES string of the molecule is CCC(CC)C[C@@H](O)COc1ccc(-c2cc3c(Oc4ccc(NC(=O)NC5CC5)c(Cl)c4)ncnc3n2COCC[Si](C)(C)C)cc1. The summed E-state index contributed by atoms with van der Waals surface area (Å²) in [5, 5.41) is 17.2. The number of carbonyl (C=O) groups excluding carboxylic acids is 1. The summed E-state index contributed by atoms with van der Waals surface area (Å²) in [6.07, 6.45) is 5.80. The van der Waals surface area contributed by atoms with E-state index in [2.05, 4.69) is 54.1 Å². The molecule has 2 amide bonds. The van der Waals surface area contributed by atoms with Crippen molar-refractivity contribution in [1.29, 1.82) is 0 Å². The van der Waals surface area contributed by atoms with E-state index in [0.717, 1.165) is 49.4 Å². The van der Waals surface area contributed by atoms with E-state index < -0.39 is 14.2 Å². The van der Waals surface area contributed by atoms with Crippen LogP contribution in [0.3, 0.4) is 0 Å². The molecule has 258 valence electrons. The van der Waals surface area contributed by atoms with E-state index in [1.54, 1.807) is 18.2 Å². The highest BCUT2D eigenvalue weighted by Gasteiger charge is 2.24. The molecule has 10 nitrogen and oxygen atoms in total. The molecule has 1 aliphatic rings. The molecule has 0 bridgehead atoms. The van der Waals surface area contributed by atoms with Crippen LogP contribution in [0.25, 0.3) is 22.3 Å². The monoisotopic (exact) mass is 693 g/mol. The summed E-state index contributed by atoms with van der Waals surface area (Å²) in [4.78, 5) is 21.3. The third-order valence-electron chi connectivity index (χ3n) is 8.54. The Bertz CT molecular complexity index is 1670. The van der Waals surface area contributed by atoms with Crippen molar-refractivity contribution in [2.75, 3.05) is 18.5 Å². The lowest BCUT2D eigenvalue weighted by Crippen LogP contribution is -2.30. The van der Waals surface area contributed by atoms with Crippen LogP contribution in [0.4, 0.5) is 10.5 Å². The van der Waals surface area contributed by atoms with Gasteiger partial charge >= 0.3 is 6.03 Å². The van der Waals surface area contributed by atoms with Crippen LogP contribution in [0.5, 0.6) is 17.4 Å². The molecular formula is C36H48ClN5O5Si. The molecule has 48 heavy (non-hydrogen) atoms. The fraction of sp³-hybridized carbons (Fsp3) is 0.472. The van der Waals surface area contributed by atoms with Crippen molar-refractivity contribution in [2.45, 2.75) is 90.5 Å². The van der Waals surface area contributed by atoms with Gasteiger partial charge in [-0.05, 0) is 79.3 Å². The topological polar surface area (TPSA) is 120 Å². The number of carbonyl (C=O) groups is 1. The van der Waals surface area contributed by atoms with E-state index in [4.69, 9.17) is 25.8 Å². The van der Waals surface area contributed by atoms with Gasteiger partial charge in [-0.1, -0.05) is 57.9 Å². The van der Waals surface area contributed by atoms with Crippen molar-refractivity contribution in [3.8, 4) is 28.6 Å². The van der Waals surface area contributed by atoms with Gasteiger partial charge in [0, 0.05) is 26.8 Å². The van der Waals surface area contributed by atoms with Crippen LogP contribution in [0, 0.1) is 5.92 Å². The minimum atomic E-state index is -1.27. The molecule has 0 radical (unpaired) electrons. The van der Waals surface area contributed by atoms with Gasteiger partial charge in [0.1, 0.15) is 36.8 Å². The highest BCUT2D eigenvalue weighted by atomic mass is 35.5. The first kappa shape index (κ1) is 35.7. The molecule has 12 heteroatoms. The first-order chi connectivity index (χ1) is 23.0. The summed E-state index contributed by atoms with van der Waals surface area (Å²) >= 11 is 6.51. The number of ether oxygens (including phenoxy) is 3. The van der Waals surface area contributed by atoms with E-state index in [0.29, 0.717) is 58.4 Å². The molecule has 3 N–H and O–H groups in total. The Hall–Kier alpha value is -3.64. The summed E-state index contributed by atoms with van der Waals surface area (Å²) < 4.78 is 20.4. The molecule has 4 aromatic rings. The lowest BCUT2D eigenvalue weighted by Gasteiger charge is -2.18. The summed E-state index contributed by atoms with van der Waals surface area (Å²) in [6.45, 7) is 12.5. The van der Waals surface area contributed by atoms with Crippen molar-refractivity contribution in [3.05, 3.63) is 59.9 Å². The predicted octanol–water partition coefficient (Wildman–Crippen LogP) is 8.71. The second-order valence-corrected chi connectivity index (χ2v) is 19.8. The Morgan fingerprint density at radius 1 is 1.06 bits per heavy atom. The number of hydrogen-bond acceptors (Lipinski definition) is 7. The third kappa shape index (κ3) is 9.94. The minimum Gasteiger partial charge on any atom is -0.491 e. The van der Waals surface area contributed by atoms with Crippen molar-refractivity contribution in [2.24, 2.45) is 5.92 Å². The zero-order valence-corrected chi connectivity index (χ0v) is 30.3. The first-order valence-electron chi connectivity index (χ1n) is 16.9. The van der Waals surface area contributed by atoms with Gasteiger partial charge in [0.2, 0.25) is 5.88 Å². The lowest BCUT2D eigenvalue weighted by atomic mass is 9.96. The maximum absolute atomic E-state index is 12.2. The van der Waals surface area contributed by atoms with Crippen LogP contribution in [-0.2, 0) is 11.5 Å². The van der Waals surface area contributed by atoms with Gasteiger partial charge in [0.15, 0.2) is 0 Å². The minimum absolute atomic E-state index is 0.240. The number of halogens is 1. The van der Waals surface area contributed by atoms with E-state index in [1.165, 1.54) is 6.33 Å². The number of aromatic nitrogens is 3. The van der Waals surface area contributed by atoms with Gasteiger partial charge in [-0.3, -0.25) is 0 Å². The second-order valence-electron chi connectivity index (χ2n) is 13.7. The maximum Gasteiger partial charge on any atom is 0.319 e. The molecule has 2 aromatic carbocycles. The second kappa shape index (κ2) is 16.2. The number of fused-ring (bicyclic) bond motifs is 1. The Morgan fingerprint density at radius 3 is 2.46 bits per heavy atom. The fourth-order valence-electron chi connectivity index (χ4n) is 5.36. The van der Waals surface area contributed by atoms with Crippen molar-refractivity contribution in [1.82, 2.24) is 19.9 Å². The van der Waals surface area contributed by atoms with Gasteiger partial charge in [-0.2, -0.15) is 0 Å². The summed E-state index contributed by atoms with van der Waals surface area (Å²) in [7, 11) is -1.27. The largest absolute Gasteiger partial charge is 0.491 e. The molecule has 1 aliphatic carbocycles. The zero-order valence-electron chi connectivity index (χ0n) is 28.6. The summed E-state index contributed by atoms with van der Waals surface area (Å²) in [6, 6.07) is 15.9. The van der Waals surface area contributed by atoms with Crippen LogP contribution in [-0.4, -0.2) is 59.1 Å². The van der Waals surface area contributed by atoms with Crippen molar-refractivity contribution in [3.63, 3.8) is 0 Å². The maximum atomic E-state index is 12.2. The van der Waals surface area contributed by atoms with Crippen molar-refractivity contribution < 1.29 is 24.1 Å². The van der Waals surface area contributed by atoms with Crippen LogP contribution < -0.4 is 20.1 Å². The van der Waals surface area contributed by atoms with Gasteiger partial charge in [0.05, 0.1) is 27.9 Å². The molecule has 2 aromatic heterocycles. The Labute approximate surface area is 289 Å². The predicted molar refractivity (Wildman–Crippen MR) is 194 cm³/mol. The molecule has 1 atom stereocenters. The highest BCUT2D eigenvalue weighted by molar-refractivity contribution is 6.76.